The third-order valence-electron chi connectivity index (χ3n) is 2.55. The van der Waals surface area contributed by atoms with Crippen LogP contribution in [-0.2, 0) is 6.18 Å². The van der Waals surface area contributed by atoms with E-state index in [1.54, 1.807) is 0 Å². The Bertz CT molecular complexity index is 619. The first kappa shape index (κ1) is 13.3. The summed E-state index contributed by atoms with van der Waals surface area (Å²) >= 11 is 0. The summed E-state index contributed by atoms with van der Waals surface area (Å²) < 4.78 is 63.8. The fraction of sp³-hybridized carbons (Fsp3) is 0.0769. The van der Waals surface area contributed by atoms with Crippen molar-refractivity contribution in [2.75, 3.05) is 0 Å². The largest absolute Gasteiger partial charge is 0.505 e. The molecule has 0 aliphatic carbocycles. The second-order valence-electron chi connectivity index (χ2n) is 3.86. The number of aromatic hydroxyl groups is 1. The maximum absolute atomic E-state index is 13.1. The summed E-state index contributed by atoms with van der Waals surface area (Å²) in [6.07, 6.45) is -4.82. The van der Waals surface area contributed by atoms with Crippen LogP contribution in [0.2, 0.25) is 0 Å². The van der Waals surface area contributed by atoms with Crippen molar-refractivity contribution in [3.8, 4) is 16.9 Å². The van der Waals surface area contributed by atoms with Crippen LogP contribution in [0.1, 0.15) is 5.56 Å². The zero-order valence-electron chi connectivity index (χ0n) is 9.30. The van der Waals surface area contributed by atoms with Gasteiger partial charge in [0.25, 0.3) is 0 Å². The highest BCUT2D eigenvalue weighted by molar-refractivity contribution is 5.65. The van der Waals surface area contributed by atoms with Crippen molar-refractivity contribution in [3.05, 3.63) is 53.6 Å². The zero-order valence-corrected chi connectivity index (χ0v) is 9.30. The van der Waals surface area contributed by atoms with E-state index in [9.17, 15) is 22.0 Å². The van der Waals surface area contributed by atoms with Crippen molar-refractivity contribution in [1.29, 1.82) is 0 Å². The minimum Gasteiger partial charge on any atom is -0.505 e. The molecule has 19 heavy (non-hydrogen) atoms. The molecule has 1 N–H and O–H groups in total. The predicted octanol–water partition coefficient (Wildman–Crippen LogP) is 4.36. The Kier molecular flexibility index (Phi) is 3.18. The molecular weight excluding hydrogens is 267 g/mol. The number of hydrogen-bond donors (Lipinski definition) is 1. The molecule has 0 radical (unpaired) electrons. The molecule has 0 atom stereocenters. The van der Waals surface area contributed by atoms with E-state index in [1.165, 1.54) is 6.07 Å². The number of hydrogen-bond acceptors (Lipinski definition) is 1. The van der Waals surface area contributed by atoms with Gasteiger partial charge in [-0.05, 0) is 35.4 Å². The summed E-state index contributed by atoms with van der Waals surface area (Å²) in [6.45, 7) is 0. The van der Waals surface area contributed by atoms with Crippen molar-refractivity contribution in [3.63, 3.8) is 0 Å². The molecule has 0 saturated carbocycles. The van der Waals surface area contributed by atoms with Crippen LogP contribution in [-0.4, -0.2) is 5.11 Å². The van der Waals surface area contributed by atoms with E-state index in [0.29, 0.717) is 12.1 Å². The SMILES string of the molecule is Oc1ccc(-c2ccc(F)c(C(F)(F)F)c2)cc1F. The fourth-order valence-electron chi connectivity index (χ4n) is 1.61. The number of rotatable bonds is 1. The number of halogens is 5. The van der Waals surface area contributed by atoms with Gasteiger partial charge < -0.3 is 5.11 Å². The Labute approximate surface area is 104 Å². The highest BCUT2D eigenvalue weighted by atomic mass is 19.4. The lowest BCUT2D eigenvalue weighted by atomic mass is 10.0. The Morgan fingerprint density at radius 3 is 1.95 bits per heavy atom. The van der Waals surface area contributed by atoms with Gasteiger partial charge in [-0.15, -0.1) is 0 Å². The van der Waals surface area contributed by atoms with Crippen molar-refractivity contribution in [2.45, 2.75) is 6.18 Å². The second-order valence-corrected chi connectivity index (χ2v) is 3.86. The minimum absolute atomic E-state index is 0.00706. The van der Waals surface area contributed by atoms with Gasteiger partial charge in [-0.2, -0.15) is 13.2 Å². The van der Waals surface area contributed by atoms with Crippen LogP contribution in [0.3, 0.4) is 0 Å². The molecule has 0 aliphatic rings. The van der Waals surface area contributed by atoms with Gasteiger partial charge >= 0.3 is 6.18 Å². The molecule has 0 aliphatic heterocycles. The molecule has 2 aromatic rings. The van der Waals surface area contributed by atoms with Crippen LogP contribution < -0.4 is 0 Å². The van der Waals surface area contributed by atoms with Crippen LogP contribution in [0.15, 0.2) is 36.4 Å². The molecule has 0 heterocycles. The Balaban J connectivity index is 2.54. The summed E-state index contributed by atoms with van der Waals surface area (Å²) in [5.41, 5.74) is -1.30. The van der Waals surface area contributed by atoms with Gasteiger partial charge in [-0.3, -0.25) is 0 Å². The lowest BCUT2D eigenvalue weighted by Gasteiger charge is -2.10. The van der Waals surface area contributed by atoms with Crippen molar-refractivity contribution in [1.82, 2.24) is 0 Å². The van der Waals surface area contributed by atoms with Crippen LogP contribution in [0.25, 0.3) is 11.1 Å². The van der Waals surface area contributed by atoms with Gasteiger partial charge in [0.15, 0.2) is 11.6 Å². The van der Waals surface area contributed by atoms with Crippen molar-refractivity contribution < 1.29 is 27.1 Å². The zero-order chi connectivity index (χ0) is 14.2. The molecule has 0 unspecified atom stereocenters. The predicted molar refractivity (Wildman–Crippen MR) is 58.5 cm³/mol. The van der Waals surface area contributed by atoms with E-state index in [-0.39, 0.29) is 11.1 Å². The molecule has 6 heteroatoms. The topological polar surface area (TPSA) is 20.2 Å². The van der Waals surface area contributed by atoms with Gasteiger partial charge in [0, 0.05) is 0 Å². The Morgan fingerprint density at radius 1 is 0.789 bits per heavy atom. The number of phenols is 1. The third-order valence-corrected chi connectivity index (χ3v) is 2.55. The molecule has 0 saturated heterocycles. The number of phenolic OH excluding ortho intramolecular Hbond substituents is 1. The van der Waals surface area contributed by atoms with Crippen LogP contribution in [0.4, 0.5) is 22.0 Å². The first-order valence-corrected chi connectivity index (χ1v) is 5.14. The standard InChI is InChI=1S/C13H7F5O/c14-10-3-1-7(5-9(10)13(16,17)18)8-2-4-12(19)11(15)6-8/h1-6,19H. The fourth-order valence-corrected chi connectivity index (χ4v) is 1.61. The van der Waals surface area contributed by atoms with Gasteiger partial charge in [-0.1, -0.05) is 12.1 Å². The second kappa shape index (κ2) is 4.53. The van der Waals surface area contributed by atoms with Gasteiger partial charge in [0.05, 0.1) is 5.56 Å². The van der Waals surface area contributed by atoms with Crippen LogP contribution in [0, 0.1) is 11.6 Å². The molecule has 100 valence electrons. The molecule has 2 aromatic carbocycles. The van der Waals surface area contributed by atoms with Gasteiger partial charge in [-0.25, -0.2) is 8.78 Å². The molecule has 0 bridgehead atoms. The van der Waals surface area contributed by atoms with E-state index in [1.807, 2.05) is 0 Å². The quantitative estimate of drug-likeness (QED) is 0.766. The lowest BCUT2D eigenvalue weighted by molar-refractivity contribution is -0.139. The molecule has 2 rings (SSSR count). The van der Waals surface area contributed by atoms with E-state index in [4.69, 9.17) is 5.11 Å². The number of alkyl halides is 3. The van der Waals surface area contributed by atoms with Gasteiger partial charge in [0.1, 0.15) is 5.82 Å². The molecule has 0 spiro atoms. The molecule has 0 aromatic heterocycles. The average molecular weight is 274 g/mol. The van der Waals surface area contributed by atoms with Crippen LogP contribution >= 0.6 is 0 Å². The maximum Gasteiger partial charge on any atom is 0.419 e. The Hall–Kier alpha value is -2.11. The first-order chi connectivity index (χ1) is 8.79. The Morgan fingerprint density at radius 2 is 1.37 bits per heavy atom. The van der Waals surface area contributed by atoms with E-state index < -0.39 is 29.1 Å². The summed E-state index contributed by atoms with van der Waals surface area (Å²) in [4.78, 5) is 0. The summed E-state index contributed by atoms with van der Waals surface area (Å²) in [5.74, 6) is -2.97. The highest BCUT2D eigenvalue weighted by Crippen LogP contribution is 2.34. The summed E-state index contributed by atoms with van der Waals surface area (Å²) in [6, 6.07) is 5.51. The maximum atomic E-state index is 13.1. The molecule has 1 nitrogen and oxygen atoms in total. The van der Waals surface area contributed by atoms with Gasteiger partial charge in [0.2, 0.25) is 0 Å². The highest BCUT2D eigenvalue weighted by Gasteiger charge is 2.34. The molecule has 0 amide bonds. The summed E-state index contributed by atoms with van der Waals surface area (Å²) in [5, 5.41) is 9.00. The monoisotopic (exact) mass is 274 g/mol. The normalized spacial score (nSPS) is 11.6. The smallest absolute Gasteiger partial charge is 0.419 e. The summed E-state index contributed by atoms with van der Waals surface area (Å²) in [7, 11) is 0. The average Bonchev–Trinajstić information content (AvgIpc) is 2.32. The minimum atomic E-state index is -4.82. The van der Waals surface area contributed by atoms with E-state index in [0.717, 1.165) is 18.2 Å². The number of benzene rings is 2. The van der Waals surface area contributed by atoms with Crippen LogP contribution in [0.5, 0.6) is 5.75 Å². The van der Waals surface area contributed by atoms with E-state index >= 15 is 0 Å². The first-order valence-electron chi connectivity index (χ1n) is 5.14. The third kappa shape index (κ3) is 2.67. The van der Waals surface area contributed by atoms with E-state index in [2.05, 4.69) is 0 Å². The lowest BCUT2D eigenvalue weighted by Crippen LogP contribution is -2.08. The molecule has 0 fully saturated rings. The van der Waals surface area contributed by atoms with Crippen molar-refractivity contribution in [2.24, 2.45) is 0 Å². The molecular formula is C13H7F5O. The van der Waals surface area contributed by atoms with Crippen molar-refractivity contribution >= 4 is 0 Å².